The van der Waals surface area contributed by atoms with E-state index in [0.29, 0.717) is 6.42 Å². The highest BCUT2D eigenvalue weighted by molar-refractivity contribution is 5.70. The van der Waals surface area contributed by atoms with Crippen molar-refractivity contribution in [3.8, 4) is 0 Å². The molecule has 5 atom stereocenters. The molecular formula is C12H20F2N2O2. The van der Waals surface area contributed by atoms with Gasteiger partial charge in [0.2, 0.25) is 0 Å². The van der Waals surface area contributed by atoms with Crippen molar-refractivity contribution < 1.29 is 18.3 Å². The Morgan fingerprint density at radius 2 is 2.00 bits per heavy atom. The van der Waals surface area contributed by atoms with Crippen LogP contribution in [0.15, 0.2) is 0 Å². The Bertz CT molecular complexity index is 343. The molecular weight excluding hydrogens is 242 g/mol. The first-order valence-electron chi connectivity index (χ1n) is 6.26. The zero-order valence-electron chi connectivity index (χ0n) is 10.9. The number of ether oxygens (including phenoxy) is 1. The van der Waals surface area contributed by atoms with Crippen LogP contribution in [-0.4, -0.2) is 47.6 Å². The Labute approximate surface area is 105 Å². The monoisotopic (exact) mass is 262 g/mol. The van der Waals surface area contributed by atoms with E-state index in [1.165, 1.54) is 4.90 Å². The van der Waals surface area contributed by atoms with Gasteiger partial charge in [0.1, 0.15) is 11.8 Å². The van der Waals surface area contributed by atoms with Crippen molar-refractivity contribution in [2.24, 2.45) is 11.7 Å². The number of alkyl halides is 2. The maximum absolute atomic E-state index is 13.7. The lowest BCUT2D eigenvalue weighted by atomic mass is 9.96. The van der Waals surface area contributed by atoms with E-state index < -0.39 is 42.0 Å². The largest absolute Gasteiger partial charge is 0.444 e. The van der Waals surface area contributed by atoms with Gasteiger partial charge >= 0.3 is 6.09 Å². The fourth-order valence-electron chi connectivity index (χ4n) is 2.95. The van der Waals surface area contributed by atoms with Crippen molar-refractivity contribution in [3.05, 3.63) is 0 Å². The molecule has 1 heterocycles. The molecule has 2 fully saturated rings. The minimum atomic E-state index is -1.62. The van der Waals surface area contributed by atoms with Crippen LogP contribution in [-0.2, 0) is 4.74 Å². The van der Waals surface area contributed by atoms with E-state index in [9.17, 15) is 13.6 Å². The molecule has 2 N–H and O–H groups in total. The van der Waals surface area contributed by atoms with Gasteiger partial charge in [0, 0.05) is 12.5 Å². The summed E-state index contributed by atoms with van der Waals surface area (Å²) in [4.78, 5) is 13.3. The average molecular weight is 262 g/mol. The summed E-state index contributed by atoms with van der Waals surface area (Å²) in [6, 6.07) is -1.18. The third-order valence-electron chi connectivity index (χ3n) is 3.65. The van der Waals surface area contributed by atoms with Gasteiger partial charge in [0.05, 0.1) is 12.1 Å². The van der Waals surface area contributed by atoms with Crippen LogP contribution >= 0.6 is 0 Å². The van der Waals surface area contributed by atoms with Gasteiger partial charge in [-0.15, -0.1) is 0 Å². The number of carbonyl (C=O) groups is 1. The number of hydrogen-bond acceptors (Lipinski definition) is 3. The van der Waals surface area contributed by atoms with Crippen molar-refractivity contribution >= 4 is 6.09 Å². The van der Waals surface area contributed by atoms with Gasteiger partial charge in [-0.2, -0.15) is 0 Å². The molecule has 0 aromatic rings. The maximum Gasteiger partial charge on any atom is 0.410 e. The van der Waals surface area contributed by atoms with Crippen LogP contribution in [0.5, 0.6) is 0 Å². The minimum Gasteiger partial charge on any atom is -0.444 e. The fourth-order valence-corrected chi connectivity index (χ4v) is 2.95. The summed E-state index contributed by atoms with van der Waals surface area (Å²) in [5.74, 6) is -0.498. The molecule has 1 amide bonds. The van der Waals surface area contributed by atoms with Crippen molar-refractivity contribution in [1.29, 1.82) is 0 Å². The van der Waals surface area contributed by atoms with Crippen LogP contribution in [0.1, 0.15) is 27.2 Å². The van der Waals surface area contributed by atoms with E-state index in [4.69, 9.17) is 10.5 Å². The second kappa shape index (κ2) is 4.33. The van der Waals surface area contributed by atoms with Gasteiger partial charge in [-0.25, -0.2) is 13.6 Å². The molecule has 0 spiro atoms. The molecule has 2 aliphatic rings. The smallest absolute Gasteiger partial charge is 0.410 e. The molecule has 18 heavy (non-hydrogen) atoms. The van der Waals surface area contributed by atoms with Gasteiger partial charge in [0.15, 0.2) is 6.17 Å². The normalized spacial score (nSPS) is 39.2. The second-order valence-corrected chi connectivity index (χ2v) is 6.05. The molecule has 0 aromatic carbocycles. The average Bonchev–Trinajstić information content (AvgIpc) is 2.74. The molecule has 4 nitrogen and oxygen atoms in total. The zero-order valence-corrected chi connectivity index (χ0v) is 10.9. The number of hydrogen-bond donors (Lipinski definition) is 1. The number of nitrogens with two attached hydrogens (primary N) is 1. The maximum atomic E-state index is 13.7. The number of carbonyl (C=O) groups excluding carboxylic acids is 1. The van der Waals surface area contributed by atoms with Crippen LogP contribution in [0, 0.1) is 5.92 Å². The summed E-state index contributed by atoms with van der Waals surface area (Å²) in [6.45, 7) is 5.35. The number of halogens is 2. The highest BCUT2D eigenvalue weighted by Gasteiger charge is 2.60. The molecule has 104 valence electrons. The lowest BCUT2D eigenvalue weighted by Gasteiger charge is -2.38. The predicted octanol–water partition coefficient (Wildman–Crippen LogP) is 1.63. The third-order valence-corrected chi connectivity index (χ3v) is 3.65. The molecule has 1 aliphatic carbocycles. The summed E-state index contributed by atoms with van der Waals surface area (Å²) >= 11 is 0. The number of amides is 1. The quantitative estimate of drug-likeness (QED) is 0.781. The summed E-state index contributed by atoms with van der Waals surface area (Å²) in [5, 5.41) is 0. The first kappa shape index (κ1) is 13.5. The SMILES string of the molecule is CC(C)(C)OC(=O)N1[C@@H]2C[C@@H](C(F)C2F)[C@@H]1CN. The fraction of sp³-hybridized carbons (Fsp3) is 0.917. The predicted molar refractivity (Wildman–Crippen MR) is 62.6 cm³/mol. The lowest BCUT2D eigenvalue weighted by Crippen LogP contribution is -2.56. The molecule has 1 saturated heterocycles. The van der Waals surface area contributed by atoms with Gasteiger partial charge in [0.25, 0.3) is 0 Å². The van der Waals surface area contributed by atoms with Gasteiger partial charge in [-0.1, -0.05) is 0 Å². The molecule has 2 bridgehead atoms. The van der Waals surface area contributed by atoms with Crippen molar-refractivity contribution in [2.75, 3.05) is 6.54 Å². The van der Waals surface area contributed by atoms with Crippen LogP contribution in [0.2, 0.25) is 0 Å². The van der Waals surface area contributed by atoms with E-state index >= 15 is 0 Å². The number of piperidine rings is 1. The summed E-state index contributed by atoms with van der Waals surface area (Å²) in [6.07, 6.45) is -3.39. The molecule has 6 heteroatoms. The molecule has 0 aromatic heterocycles. The molecule has 0 radical (unpaired) electrons. The molecule has 2 rings (SSSR count). The molecule has 1 aliphatic heterocycles. The lowest BCUT2D eigenvalue weighted by molar-refractivity contribution is -0.0207. The van der Waals surface area contributed by atoms with Crippen LogP contribution in [0.25, 0.3) is 0 Å². The number of fused-ring (bicyclic) bond motifs is 2. The zero-order chi connectivity index (χ0) is 13.7. The Morgan fingerprint density at radius 1 is 1.39 bits per heavy atom. The number of nitrogens with zero attached hydrogens (tertiary/aromatic N) is 1. The van der Waals surface area contributed by atoms with E-state index in [0.717, 1.165) is 0 Å². The first-order valence-corrected chi connectivity index (χ1v) is 6.26. The van der Waals surface area contributed by atoms with E-state index in [1.54, 1.807) is 20.8 Å². The summed E-state index contributed by atoms with van der Waals surface area (Å²) < 4.78 is 32.5. The second-order valence-electron chi connectivity index (χ2n) is 6.05. The van der Waals surface area contributed by atoms with Gasteiger partial charge in [-0.3, -0.25) is 4.90 Å². The Kier molecular flexibility index (Phi) is 3.25. The number of rotatable bonds is 1. The van der Waals surface area contributed by atoms with E-state index in [2.05, 4.69) is 0 Å². The highest BCUT2D eigenvalue weighted by Crippen LogP contribution is 2.45. The van der Waals surface area contributed by atoms with Crippen LogP contribution in [0.3, 0.4) is 0 Å². The van der Waals surface area contributed by atoms with E-state index in [-0.39, 0.29) is 6.54 Å². The summed E-state index contributed by atoms with van der Waals surface area (Å²) in [5.41, 5.74) is 4.93. The minimum absolute atomic E-state index is 0.132. The van der Waals surface area contributed by atoms with Crippen molar-refractivity contribution in [2.45, 2.75) is 57.2 Å². The van der Waals surface area contributed by atoms with Gasteiger partial charge in [-0.05, 0) is 27.2 Å². The Hall–Kier alpha value is -0.910. The van der Waals surface area contributed by atoms with Crippen LogP contribution < -0.4 is 5.73 Å². The van der Waals surface area contributed by atoms with Crippen molar-refractivity contribution in [3.63, 3.8) is 0 Å². The molecule has 2 unspecified atom stereocenters. The summed E-state index contributed by atoms with van der Waals surface area (Å²) in [7, 11) is 0. The van der Waals surface area contributed by atoms with E-state index in [1.807, 2.05) is 0 Å². The van der Waals surface area contributed by atoms with Crippen LogP contribution in [0.4, 0.5) is 13.6 Å². The topological polar surface area (TPSA) is 55.6 Å². The third kappa shape index (κ3) is 2.06. The highest BCUT2D eigenvalue weighted by atomic mass is 19.2. The number of likely N-dealkylation sites (tertiary alicyclic amines) is 1. The molecule has 1 saturated carbocycles. The Balaban J connectivity index is 2.15. The first-order chi connectivity index (χ1) is 8.26. The standard InChI is InChI=1S/C12H20F2N2O2/c1-12(2,3)18-11(17)16-7-4-6(8(16)5-15)9(13)10(7)14/h6-10H,4-5,15H2,1-3H3/t6-,7-,8+,9?,10?/m1/s1. The Morgan fingerprint density at radius 3 is 2.50 bits per heavy atom. The van der Waals surface area contributed by atoms with Gasteiger partial charge < -0.3 is 10.5 Å². The van der Waals surface area contributed by atoms with Crippen molar-refractivity contribution in [1.82, 2.24) is 4.90 Å².